The van der Waals surface area contributed by atoms with Gasteiger partial charge in [0.2, 0.25) is 5.41 Å². The lowest BCUT2D eigenvalue weighted by atomic mass is 9.65. The SMILES string of the molecule is CC(=O)[C@@H]1[C@@H](c2ccccc2)C2(C(=O)OC(C)(C)OC2=O)C2c3ccccc3C=NN21. The van der Waals surface area contributed by atoms with Crippen molar-refractivity contribution in [2.24, 2.45) is 10.5 Å². The molecule has 3 heterocycles. The number of ketones is 1. The summed E-state index contributed by atoms with van der Waals surface area (Å²) in [6, 6.07) is 14.9. The van der Waals surface area contributed by atoms with Crippen LogP contribution in [0.15, 0.2) is 59.7 Å². The lowest BCUT2D eigenvalue weighted by molar-refractivity contribution is -0.254. The van der Waals surface area contributed by atoms with Gasteiger partial charge in [-0.2, -0.15) is 5.10 Å². The topological polar surface area (TPSA) is 85.3 Å². The van der Waals surface area contributed by atoms with Crippen LogP contribution in [0.2, 0.25) is 0 Å². The number of cyclic esters (lactones) is 2. The van der Waals surface area contributed by atoms with Gasteiger partial charge in [0, 0.05) is 19.8 Å². The summed E-state index contributed by atoms with van der Waals surface area (Å²) in [5.74, 6) is -3.81. The fraction of sp³-hybridized carbons (Fsp3) is 0.333. The fourth-order valence-electron chi connectivity index (χ4n) is 5.20. The number of carbonyl (C=O) groups excluding carboxylic acids is 3. The standard InChI is InChI=1S/C24H22N2O5/c1-14(27)19-18(15-9-5-4-6-10-15)24(21(28)30-23(2,3)31-22(24)29)20-17-12-8-7-11-16(17)13-25-26(19)20/h4-13,18-20H,1-3H3/t18-,19-,20?/m1/s1. The molecule has 1 unspecified atom stereocenters. The first kappa shape index (κ1) is 19.5. The van der Waals surface area contributed by atoms with Crippen molar-refractivity contribution in [3.8, 4) is 0 Å². The molecule has 7 nitrogen and oxygen atoms in total. The van der Waals surface area contributed by atoms with Crippen LogP contribution in [-0.2, 0) is 23.9 Å². The fourth-order valence-corrected chi connectivity index (χ4v) is 5.20. The van der Waals surface area contributed by atoms with E-state index in [0.29, 0.717) is 5.56 Å². The van der Waals surface area contributed by atoms with Crippen LogP contribution < -0.4 is 0 Å². The molecular weight excluding hydrogens is 396 g/mol. The Labute approximate surface area is 179 Å². The maximum absolute atomic E-state index is 13.7. The van der Waals surface area contributed by atoms with Gasteiger partial charge in [-0.1, -0.05) is 54.6 Å². The third-order valence-corrected chi connectivity index (χ3v) is 6.34. The highest BCUT2D eigenvalue weighted by molar-refractivity contribution is 6.07. The van der Waals surface area contributed by atoms with E-state index in [1.165, 1.54) is 20.8 Å². The van der Waals surface area contributed by atoms with Gasteiger partial charge in [-0.3, -0.25) is 19.4 Å². The number of hydrogen-bond acceptors (Lipinski definition) is 7. The van der Waals surface area contributed by atoms with E-state index in [4.69, 9.17) is 9.47 Å². The molecule has 2 aromatic carbocycles. The molecule has 0 bridgehead atoms. The highest BCUT2D eigenvalue weighted by atomic mass is 16.7. The number of Topliss-reactive ketones (excluding diaryl/α,β-unsaturated/α-hetero) is 1. The molecule has 158 valence electrons. The number of rotatable bonds is 2. The molecule has 1 spiro atoms. The molecule has 3 atom stereocenters. The first-order valence-electron chi connectivity index (χ1n) is 10.2. The van der Waals surface area contributed by atoms with E-state index < -0.39 is 41.1 Å². The van der Waals surface area contributed by atoms with Crippen molar-refractivity contribution in [2.45, 2.75) is 44.6 Å². The van der Waals surface area contributed by atoms with Crippen molar-refractivity contribution in [3.05, 3.63) is 71.3 Å². The molecule has 0 aliphatic carbocycles. The molecule has 7 heteroatoms. The molecule has 0 radical (unpaired) electrons. The molecule has 0 aromatic heterocycles. The number of esters is 2. The van der Waals surface area contributed by atoms with Gasteiger partial charge in [-0.05, 0) is 23.6 Å². The number of benzene rings is 2. The number of carbonyl (C=O) groups is 3. The van der Waals surface area contributed by atoms with E-state index in [1.807, 2.05) is 54.6 Å². The maximum Gasteiger partial charge on any atom is 0.330 e. The third-order valence-electron chi connectivity index (χ3n) is 6.34. The van der Waals surface area contributed by atoms with Crippen molar-refractivity contribution in [2.75, 3.05) is 0 Å². The quantitative estimate of drug-likeness (QED) is 0.551. The predicted molar refractivity (Wildman–Crippen MR) is 111 cm³/mol. The molecule has 3 aliphatic heterocycles. The molecule has 31 heavy (non-hydrogen) atoms. The van der Waals surface area contributed by atoms with Crippen molar-refractivity contribution >= 4 is 23.9 Å². The van der Waals surface area contributed by atoms with Gasteiger partial charge < -0.3 is 9.47 Å². The summed E-state index contributed by atoms with van der Waals surface area (Å²) in [7, 11) is 0. The van der Waals surface area contributed by atoms with Crippen molar-refractivity contribution < 1.29 is 23.9 Å². The van der Waals surface area contributed by atoms with Crippen molar-refractivity contribution in [3.63, 3.8) is 0 Å². The van der Waals surface area contributed by atoms with Crippen LogP contribution in [0.5, 0.6) is 0 Å². The van der Waals surface area contributed by atoms with Gasteiger partial charge in [0.1, 0.15) is 12.1 Å². The zero-order chi connectivity index (χ0) is 22.0. The highest BCUT2D eigenvalue weighted by Gasteiger charge is 2.74. The predicted octanol–water partition coefficient (Wildman–Crippen LogP) is 2.95. The van der Waals surface area contributed by atoms with Crippen LogP contribution in [0.4, 0.5) is 0 Å². The summed E-state index contributed by atoms with van der Waals surface area (Å²) < 4.78 is 11.3. The van der Waals surface area contributed by atoms with E-state index in [1.54, 1.807) is 11.2 Å². The van der Waals surface area contributed by atoms with E-state index in [0.717, 1.165) is 11.1 Å². The normalized spacial score (nSPS) is 27.3. The highest BCUT2D eigenvalue weighted by Crippen LogP contribution is 2.62. The van der Waals surface area contributed by atoms with E-state index in [2.05, 4.69) is 5.10 Å². The lowest BCUT2D eigenvalue weighted by Crippen LogP contribution is -2.58. The maximum atomic E-state index is 13.7. The number of ether oxygens (including phenoxy) is 2. The Morgan fingerprint density at radius 2 is 1.58 bits per heavy atom. The van der Waals surface area contributed by atoms with Crippen LogP contribution in [0.25, 0.3) is 0 Å². The average molecular weight is 418 g/mol. The summed E-state index contributed by atoms with van der Waals surface area (Å²) in [5.41, 5.74) is 0.417. The minimum Gasteiger partial charge on any atom is -0.422 e. The first-order valence-corrected chi connectivity index (χ1v) is 10.2. The zero-order valence-electron chi connectivity index (χ0n) is 17.4. The van der Waals surface area contributed by atoms with Gasteiger partial charge in [-0.15, -0.1) is 0 Å². The summed E-state index contributed by atoms with van der Waals surface area (Å²) >= 11 is 0. The van der Waals surface area contributed by atoms with Crippen molar-refractivity contribution in [1.82, 2.24) is 5.01 Å². The molecule has 5 rings (SSSR count). The first-order chi connectivity index (χ1) is 14.8. The Kier molecular flexibility index (Phi) is 4.09. The number of fused-ring (bicyclic) bond motifs is 4. The smallest absolute Gasteiger partial charge is 0.330 e. The second-order valence-electron chi connectivity index (χ2n) is 8.65. The van der Waals surface area contributed by atoms with Crippen LogP contribution in [0.3, 0.4) is 0 Å². The minimum absolute atomic E-state index is 0.197. The van der Waals surface area contributed by atoms with E-state index in [9.17, 15) is 14.4 Å². The molecule has 2 saturated heterocycles. The lowest BCUT2D eigenvalue weighted by Gasteiger charge is -2.44. The second-order valence-corrected chi connectivity index (χ2v) is 8.65. The van der Waals surface area contributed by atoms with Gasteiger partial charge in [0.15, 0.2) is 5.78 Å². The molecule has 0 saturated carbocycles. The molecule has 3 aliphatic rings. The molecular formula is C24H22N2O5. The Balaban J connectivity index is 1.83. The Hall–Kier alpha value is -3.48. The van der Waals surface area contributed by atoms with Crippen LogP contribution >= 0.6 is 0 Å². The Bertz CT molecular complexity index is 1100. The largest absolute Gasteiger partial charge is 0.422 e. The van der Waals surface area contributed by atoms with E-state index in [-0.39, 0.29) is 5.78 Å². The van der Waals surface area contributed by atoms with Gasteiger partial charge in [-0.25, -0.2) is 0 Å². The number of hydrogen-bond donors (Lipinski definition) is 0. The van der Waals surface area contributed by atoms with Gasteiger partial charge >= 0.3 is 11.9 Å². The third kappa shape index (κ3) is 2.59. The summed E-state index contributed by atoms with van der Waals surface area (Å²) in [5, 5.41) is 6.12. The molecule has 0 amide bonds. The minimum atomic E-state index is -1.78. The summed E-state index contributed by atoms with van der Waals surface area (Å²) in [6.45, 7) is 4.50. The second kappa shape index (κ2) is 6.51. The molecule has 0 N–H and O–H groups in total. The average Bonchev–Trinajstić information content (AvgIpc) is 3.05. The Morgan fingerprint density at radius 1 is 0.968 bits per heavy atom. The van der Waals surface area contributed by atoms with E-state index >= 15 is 0 Å². The van der Waals surface area contributed by atoms with Crippen molar-refractivity contribution in [1.29, 1.82) is 0 Å². The zero-order valence-corrected chi connectivity index (χ0v) is 17.4. The van der Waals surface area contributed by atoms with Gasteiger partial charge in [0.25, 0.3) is 5.79 Å². The molecule has 2 aromatic rings. The van der Waals surface area contributed by atoms with Gasteiger partial charge in [0.05, 0.1) is 6.21 Å². The Morgan fingerprint density at radius 3 is 2.23 bits per heavy atom. The number of nitrogens with zero attached hydrogens (tertiary/aromatic N) is 2. The van der Waals surface area contributed by atoms with Crippen LogP contribution in [0, 0.1) is 5.41 Å². The number of hydrazone groups is 1. The van der Waals surface area contributed by atoms with Crippen LogP contribution in [-0.4, -0.2) is 40.8 Å². The summed E-state index contributed by atoms with van der Waals surface area (Å²) in [4.78, 5) is 40.4. The molecule has 2 fully saturated rings. The monoisotopic (exact) mass is 418 g/mol. The van der Waals surface area contributed by atoms with Crippen LogP contribution in [0.1, 0.15) is 49.4 Å². The summed E-state index contributed by atoms with van der Waals surface area (Å²) in [6.07, 6.45) is 1.66.